The molecule has 0 unspecified atom stereocenters. The molecule has 17 heavy (non-hydrogen) atoms. The highest BCUT2D eigenvalue weighted by atomic mass is 32.2. The van der Waals surface area contributed by atoms with Crippen molar-refractivity contribution < 1.29 is 4.74 Å². The molecule has 1 aromatic rings. The van der Waals surface area contributed by atoms with Crippen LogP contribution in [0, 0.1) is 0 Å². The lowest BCUT2D eigenvalue weighted by Gasteiger charge is -2.13. The van der Waals surface area contributed by atoms with Crippen LogP contribution < -0.4 is 10.1 Å². The molecule has 1 fully saturated rings. The fourth-order valence-corrected chi connectivity index (χ4v) is 2.38. The van der Waals surface area contributed by atoms with Gasteiger partial charge in [-0.25, -0.2) is 4.98 Å². The van der Waals surface area contributed by atoms with Crippen molar-refractivity contribution in [1.29, 1.82) is 0 Å². The summed E-state index contributed by atoms with van der Waals surface area (Å²) in [4.78, 5) is 8.76. The smallest absolute Gasteiger partial charge is 0.219 e. The summed E-state index contributed by atoms with van der Waals surface area (Å²) < 4.78 is 5.90. The van der Waals surface area contributed by atoms with Crippen LogP contribution in [0.5, 0.6) is 5.88 Å². The van der Waals surface area contributed by atoms with E-state index in [1.165, 1.54) is 24.6 Å². The Bertz CT molecular complexity index is 367. The molecule has 1 aromatic heterocycles. The second-order valence-electron chi connectivity index (χ2n) is 4.13. The van der Waals surface area contributed by atoms with Crippen LogP contribution in [0.25, 0.3) is 0 Å². The maximum absolute atomic E-state index is 5.90. The Hall–Kier alpha value is -0.970. The molecule has 0 amide bonds. The molecule has 0 bridgehead atoms. The molecule has 4 nitrogen and oxygen atoms in total. The van der Waals surface area contributed by atoms with Gasteiger partial charge in [-0.3, -0.25) is 0 Å². The maximum Gasteiger partial charge on any atom is 0.219 e. The lowest BCUT2D eigenvalue weighted by atomic mass is 10.3. The Morgan fingerprint density at radius 3 is 2.82 bits per heavy atom. The number of thioether (sulfide) groups is 1. The predicted octanol–water partition coefficient (Wildman–Crippen LogP) is 2.95. The third-order valence-electron chi connectivity index (χ3n) is 2.81. The van der Waals surface area contributed by atoms with Crippen molar-refractivity contribution in [2.24, 2.45) is 0 Å². The minimum atomic E-state index is 0.342. The zero-order valence-electron chi connectivity index (χ0n) is 10.4. The Morgan fingerprint density at radius 1 is 1.41 bits per heavy atom. The Kier molecular flexibility index (Phi) is 4.48. The second-order valence-corrected chi connectivity index (χ2v) is 4.91. The molecule has 1 saturated carbocycles. The van der Waals surface area contributed by atoms with E-state index in [2.05, 4.69) is 22.2 Å². The van der Waals surface area contributed by atoms with Gasteiger partial charge in [0.15, 0.2) is 5.16 Å². The highest BCUT2D eigenvalue weighted by Gasteiger charge is 2.17. The van der Waals surface area contributed by atoms with E-state index in [9.17, 15) is 0 Å². The summed E-state index contributed by atoms with van der Waals surface area (Å²) in [7, 11) is 0. The minimum Gasteiger partial charge on any atom is -0.474 e. The zero-order valence-corrected chi connectivity index (χ0v) is 11.2. The average Bonchev–Trinajstić information content (AvgIpc) is 2.82. The molecular formula is C12H19N3OS. The van der Waals surface area contributed by atoms with Crippen molar-refractivity contribution in [3.8, 4) is 5.88 Å². The third kappa shape index (κ3) is 3.49. The van der Waals surface area contributed by atoms with E-state index in [4.69, 9.17) is 4.74 Å². The van der Waals surface area contributed by atoms with Gasteiger partial charge in [-0.2, -0.15) is 4.98 Å². The largest absolute Gasteiger partial charge is 0.474 e. The van der Waals surface area contributed by atoms with E-state index in [1.807, 2.05) is 12.3 Å². The quantitative estimate of drug-likeness (QED) is 0.645. The lowest BCUT2D eigenvalue weighted by molar-refractivity contribution is 0.199. The molecule has 1 aliphatic carbocycles. The molecule has 5 heteroatoms. The molecule has 1 heterocycles. The normalized spacial score (nSPS) is 16.1. The van der Waals surface area contributed by atoms with Gasteiger partial charge in [-0.1, -0.05) is 11.8 Å². The van der Waals surface area contributed by atoms with Crippen LogP contribution in [-0.4, -0.2) is 28.9 Å². The summed E-state index contributed by atoms with van der Waals surface area (Å²) in [6.45, 7) is 2.91. The molecule has 2 rings (SSSR count). The number of nitrogens with one attached hydrogen (secondary N) is 1. The van der Waals surface area contributed by atoms with Crippen LogP contribution >= 0.6 is 11.8 Å². The summed E-state index contributed by atoms with van der Waals surface area (Å²) in [5.74, 6) is 1.55. The number of anilines is 1. The molecule has 0 atom stereocenters. The van der Waals surface area contributed by atoms with E-state index in [-0.39, 0.29) is 0 Å². The zero-order chi connectivity index (χ0) is 12.1. The molecule has 0 saturated heterocycles. The predicted molar refractivity (Wildman–Crippen MR) is 70.9 cm³/mol. The van der Waals surface area contributed by atoms with Crippen molar-refractivity contribution >= 4 is 17.6 Å². The van der Waals surface area contributed by atoms with Crippen LogP contribution in [0.1, 0.15) is 32.6 Å². The number of hydrogen-bond donors (Lipinski definition) is 1. The number of rotatable bonds is 5. The lowest BCUT2D eigenvalue weighted by Crippen LogP contribution is -2.13. The minimum absolute atomic E-state index is 0.342. The van der Waals surface area contributed by atoms with Gasteiger partial charge < -0.3 is 10.1 Å². The summed E-state index contributed by atoms with van der Waals surface area (Å²) >= 11 is 1.54. The number of aromatic nitrogens is 2. The highest BCUT2D eigenvalue weighted by molar-refractivity contribution is 7.98. The highest BCUT2D eigenvalue weighted by Crippen LogP contribution is 2.25. The first kappa shape index (κ1) is 12.5. The van der Waals surface area contributed by atoms with Gasteiger partial charge in [0.05, 0.1) is 0 Å². The van der Waals surface area contributed by atoms with Crippen molar-refractivity contribution in [2.75, 3.05) is 18.1 Å². The molecule has 94 valence electrons. The fraction of sp³-hybridized carbons (Fsp3) is 0.667. The van der Waals surface area contributed by atoms with Crippen molar-refractivity contribution in [3.05, 3.63) is 6.07 Å². The summed E-state index contributed by atoms with van der Waals surface area (Å²) in [6, 6.07) is 1.89. The number of nitrogens with zero attached hydrogens (tertiary/aromatic N) is 2. The van der Waals surface area contributed by atoms with Crippen LogP contribution in [0.4, 0.5) is 5.82 Å². The first-order chi connectivity index (χ1) is 8.31. The van der Waals surface area contributed by atoms with Crippen molar-refractivity contribution in [1.82, 2.24) is 9.97 Å². The summed E-state index contributed by atoms with van der Waals surface area (Å²) in [5, 5.41) is 3.96. The first-order valence-corrected chi connectivity index (χ1v) is 7.38. The number of hydrogen-bond acceptors (Lipinski definition) is 5. The topological polar surface area (TPSA) is 47.0 Å². The molecule has 0 aliphatic heterocycles. The summed E-state index contributed by atoms with van der Waals surface area (Å²) in [6.07, 6.45) is 7.15. The molecule has 0 spiro atoms. The maximum atomic E-state index is 5.90. The SMILES string of the molecule is CCNc1cc(OC2CCCC2)nc(SC)n1. The molecule has 0 aromatic carbocycles. The van der Waals surface area contributed by atoms with E-state index in [0.717, 1.165) is 30.4 Å². The third-order valence-corrected chi connectivity index (χ3v) is 3.36. The van der Waals surface area contributed by atoms with Crippen LogP contribution in [0.15, 0.2) is 11.2 Å². The van der Waals surface area contributed by atoms with Crippen LogP contribution in [-0.2, 0) is 0 Å². The fourth-order valence-electron chi connectivity index (χ4n) is 2.00. The molecule has 0 radical (unpaired) electrons. The van der Waals surface area contributed by atoms with Gasteiger partial charge in [0.2, 0.25) is 5.88 Å². The van der Waals surface area contributed by atoms with E-state index in [0.29, 0.717) is 12.0 Å². The average molecular weight is 253 g/mol. The molecule has 1 N–H and O–H groups in total. The van der Waals surface area contributed by atoms with Gasteiger partial charge in [0.25, 0.3) is 0 Å². The van der Waals surface area contributed by atoms with Gasteiger partial charge in [-0.15, -0.1) is 0 Å². The Balaban J connectivity index is 2.10. The van der Waals surface area contributed by atoms with E-state index < -0.39 is 0 Å². The van der Waals surface area contributed by atoms with E-state index >= 15 is 0 Å². The molecular weight excluding hydrogens is 234 g/mol. The van der Waals surface area contributed by atoms with Crippen LogP contribution in [0.3, 0.4) is 0 Å². The van der Waals surface area contributed by atoms with Gasteiger partial charge in [0.1, 0.15) is 11.9 Å². The van der Waals surface area contributed by atoms with E-state index in [1.54, 1.807) is 0 Å². The van der Waals surface area contributed by atoms with Crippen LogP contribution in [0.2, 0.25) is 0 Å². The van der Waals surface area contributed by atoms with Gasteiger partial charge in [-0.05, 0) is 38.9 Å². The Labute approximate surface area is 107 Å². The summed E-state index contributed by atoms with van der Waals surface area (Å²) in [5.41, 5.74) is 0. The molecule has 1 aliphatic rings. The monoisotopic (exact) mass is 253 g/mol. The standard InChI is InChI=1S/C12H19N3OS/c1-3-13-10-8-11(15-12(14-10)17-2)16-9-6-4-5-7-9/h8-9H,3-7H2,1-2H3,(H,13,14,15). The second kappa shape index (κ2) is 6.10. The Morgan fingerprint density at radius 2 is 2.18 bits per heavy atom. The number of ether oxygens (including phenoxy) is 1. The first-order valence-electron chi connectivity index (χ1n) is 6.15. The van der Waals surface area contributed by atoms with Gasteiger partial charge in [0, 0.05) is 12.6 Å². The van der Waals surface area contributed by atoms with Crippen molar-refractivity contribution in [2.45, 2.75) is 43.9 Å². The van der Waals surface area contributed by atoms with Gasteiger partial charge >= 0.3 is 0 Å². The van der Waals surface area contributed by atoms with Crippen molar-refractivity contribution in [3.63, 3.8) is 0 Å².